The van der Waals surface area contributed by atoms with Crippen LogP contribution in [0.4, 0.5) is 0 Å². The molecule has 0 rings (SSSR count). The summed E-state index contributed by atoms with van der Waals surface area (Å²) in [5.74, 6) is 0. The van der Waals surface area contributed by atoms with E-state index in [-0.39, 0.29) is 90.8 Å². The van der Waals surface area contributed by atoms with Crippen molar-refractivity contribution in [2.24, 2.45) is 0 Å². The molecular formula is AsBiCuNa. The van der Waals surface area contributed by atoms with E-state index in [1.165, 1.54) is 0 Å². The van der Waals surface area contributed by atoms with Crippen molar-refractivity contribution in [2.45, 2.75) is 0 Å². The molecule has 0 nitrogen and oxygen atoms in total. The van der Waals surface area contributed by atoms with Crippen molar-refractivity contribution >= 4 is 73.7 Å². The van der Waals surface area contributed by atoms with E-state index in [9.17, 15) is 0 Å². The van der Waals surface area contributed by atoms with Crippen LogP contribution in [-0.4, -0.2) is 73.7 Å². The van der Waals surface area contributed by atoms with Gasteiger partial charge in [0.2, 0.25) is 0 Å². The summed E-state index contributed by atoms with van der Waals surface area (Å²) in [7, 11) is 0. The summed E-state index contributed by atoms with van der Waals surface area (Å²) < 4.78 is 0. The molecule has 0 aromatic heterocycles. The first-order valence-electron chi connectivity index (χ1n) is 0. The van der Waals surface area contributed by atoms with Crippen molar-refractivity contribution < 1.29 is 17.1 Å². The summed E-state index contributed by atoms with van der Waals surface area (Å²) >= 11 is 0. The van der Waals surface area contributed by atoms with Gasteiger partial charge >= 0.3 is 0 Å². The first kappa shape index (κ1) is 28.2. The third-order valence-corrected chi connectivity index (χ3v) is 0. The van der Waals surface area contributed by atoms with E-state index < -0.39 is 0 Å². The average molecular weight is 370 g/mol. The van der Waals surface area contributed by atoms with E-state index >= 15 is 0 Å². The molecule has 0 aromatic rings. The van der Waals surface area contributed by atoms with E-state index in [2.05, 4.69) is 0 Å². The largest absolute Gasteiger partial charge is 0 e. The van der Waals surface area contributed by atoms with Crippen molar-refractivity contribution in [1.82, 2.24) is 0 Å². The molecule has 0 unspecified atom stereocenters. The average Bonchev–Trinajstić information content (AvgIpc) is 0. The molecule has 0 aromatic carbocycles. The molecule has 0 amide bonds. The molecular weight excluding hydrogens is 370 g/mol. The maximum Gasteiger partial charge on any atom is 0 e. The Kier molecular flexibility index (Phi) is 118. The summed E-state index contributed by atoms with van der Waals surface area (Å²) in [5, 5.41) is 0. The van der Waals surface area contributed by atoms with Crippen LogP contribution >= 0.6 is 0 Å². The first-order valence-corrected chi connectivity index (χ1v) is 0. The Morgan fingerprint density at radius 2 is 1.00 bits per heavy atom. The third kappa shape index (κ3) is 8.88. The Balaban J connectivity index is 0. The Morgan fingerprint density at radius 1 is 1.00 bits per heavy atom. The van der Waals surface area contributed by atoms with Crippen molar-refractivity contribution in [3.05, 3.63) is 0 Å². The fraction of sp³-hybridized carbons (Fsp3) is 0. The van der Waals surface area contributed by atoms with E-state index in [0.717, 1.165) is 0 Å². The van der Waals surface area contributed by atoms with E-state index in [0.29, 0.717) is 0 Å². The molecule has 4 heteroatoms. The fourth-order valence-corrected chi connectivity index (χ4v) is 0. The second-order valence-electron chi connectivity index (χ2n) is 0. The van der Waals surface area contributed by atoms with Gasteiger partial charge in [-0.3, -0.25) is 0 Å². The Morgan fingerprint density at radius 3 is 1.00 bits per heavy atom. The summed E-state index contributed by atoms with van der Waals surface area (Å²) in [6, 6.07) is 0. The van der Waals surface area contributed by atoms with Gasteiger partial charge in [-0.15, -0.1) is 0 Å². The smallest absolute Gasteiger partial charge is 0 e. The molecule has 0 fully saturated rings. The second kappa shape index (κ2) is 16.7. The van der Waals surface area contributed by atoms with Gasteiger partial charge < -0.3 is 0 Å². The molecule has 0 aliphatic carbocycles. The summed E-state index contributed by atoms with van der Waals surface area (Å²) in [5.41, 5.74) is 0. The normalized spacial score (nSPS) is 0. The predicted molar refractivity (Wildman–Crippen MR) is 17.3 cm³/mol. The molecule has 0 saturated carbocycles. The van der Waals surface area contributed by atoms with Gasteiger partial charge in [0.05, 0.1) is 0 Å². The Hall–Kier alpha value is 2.96. The molecule has 0 bridgehead atoms. The zero-order valence-electron chi connectivity index (χ0n) is 2.20. The van der Waals surface area contributed by atoms with Crippen LogP contribution in [0.5, 0.6) is 0 Å². The molecule has 0 N–H and O–H groups in total. The third-order valence-electron chi connectivity index (χ3n) is 0. The van der Waals surface area contributed by atoms with Crippen LogP contribution in [0.15, 0.2) is 0 Å². The van der Waals surface area contributed by atoms with Crippen LogP contribution in [-0.2, 0) is 17.1 Å². The monoisotopic (exact) mass is 370 g/mol. The summed E-state index contributed by atoms with van der Waals surface area (Å²) in [4.78, 5) is 0. The Labute approximate surface area is 89.1 Å². The number of hydrogen-bond acceptors (Lipinski definition) is 0. The number of rotatable bonds is 0. The molecule has 0 atom stereocenters. The van der Waals surface area contributed by atoms with Crippen molar-refractivity contribution in [3.63, 3.8) is 0 Å². The first-order chi connectivity index (χ1) is 0. The zero-order chi connectivity index (χ0) is 0. The quantitative estimate of drug-likeness (QED) is 0.473. The van der Waals surface area contributed by atoms with Crippen molar-refractivity contribution in [1.29, 1.82) is 0 Å². The fourth-order valence-electron chi connectivity index (χ4n) is 0. The molecule has 4 heavy (non-hydrogen) atoms. The van der Waals surface area contributed by atoms with Gasteiger partial charge in [-0.05, 0) is 0 Å². The van der Waals surface area contributed by atoms with Gasteiger partial charge in [-0.1, -0.05) is 0 Å². The van der Waals surface area contributed by atoms with Crippen molar-refractivity contribution in [3.8, 4) is 0 Å². The zero-order valence-corrected chi connectivity index (χ0v) is 10.5. The Bertz CT molecular complexity index is 8.00. The van der Waals surface area contributed by atoms with E-state index in [4.69, 9.17) is 0 Å². The summed E-state index contributed by atoms with van der Waals surface area (Å²) in [6.07, 6.45) is 0. The van der Waals surface area contributed by atoms with Gasteiger partial charge in [0, 0.05) is 90.8 Å². The molecule has 0 saturated heterocycles. The predicted octanol–water partition coefficient (Wildman–Crippen LogP) is -1.14. The van der Waals surface area contributed by atoms with Gasteiger partial charge in [0.25, 0.3) is 0 Å². The maximum atomic E-state index is 0. The maximum absolute atomic E-state index is 0. The minimum atomic E-state index is 0. The van der Waals surface area contributed by atoms with Crippen molar-refractivity contribution in [2.75, 3.05) is 0 Å². The van der Waals surface area contributed by atoms with Crippen LogP contribution in [0.2, 0.25) is 0 Å². The molecule has 0 aliphatic rings. The van der Waals surface area contributed by atoms with Crippen LogP contribution in [0, 0.1) is 0 Å². The minimum Gasteiger partial charge on any atom is 0 e. The topological polar surface area (TPSA) is 0 Å². The van der Waals surface area contributed by atoms with Crippen LogP contribution in [0.1, 0.15) is 0 Å². The summed E-state index contributed by atoms with van der Waals surface area (Å²) in [6.45, 7) is 0. The standard InChI is InChI=1S/As.Bi.Cu.Na. The molecule has 0 aliphatic heterocycles. The van der Waals surface area contributed by atoms with Gasteiger partial charge in [0.1, 0.15) is 0 Å². The second-order valence-corrected chi connectivity index (χ2v) is 0. The minimum absolute atomic E-state index is 0. The van der Waals surface area contributed by atoms with Crippen LogP contribution < -0.4 is 0 Å². The van der Waals surface area contributed by atoms with E-state index in [1.807, 2.05) is 0 Å². The molecule has 0 spiro atoms. The van der Waals surface area contributed by atoms with Gasteiger partial charge in [-0.2, -0.15) is 0 Å². The molecule has 0 heterocycles. The van der Waals surface area contributed by atoms with Gasteiger partial charge in [-0.25, -0.2) is 0 Å². The molecule has 22 valence electrons. The van der Waals surface area contributed by atoms with Crippen LogP contribution in [0.3, 0.4) is 0 Å². The van der Waals surface area contributed by atoms with Gasteiger partial charge in [0.15, 0.2) is 0 Å². The molecule has 8 radical (unpaired) electrons. The van der Waals surface area contributed by atoms with Crippen LogP contribution in [0.25, 0.3) is 0 Å². The SMILES string of the molecule is [As].[Bi].[Cu].[Na]. The van der Waals surface area contributed by atoms with E-state index in [1.54, 1.807) is 0 Å². The number of hydrogen-bond donors (Lipinski definition) is 0.